The molecule has 0 amide bonds. The van der Waals surface area contributed by atoms with Crippen molar-refractivity contribution >= 4 is 22.8 Å². The minimum absolute atomic E-state index is 0.0724. The number of carbonyl (C=O) groups excluding carboxylic acids is 1. The lowest BCUT2D eigenvalue weighted by Gasteiger charge is -2.10. The number of hydrogen-bond acceptors (Lipinski definition) is 6. The fraction of sp³-hybridized carbons (Fsp3) is 0.625. The Labute approximate surface area is 145 Å². The molecule has 0 bridgehead atoms. The average Bonchev–Trinajstić information content (AvgIpc) is 2.88. The van der Waals surface area contributed by atoms with Crippen molar-refractivity contribution in [2.24, 2.45) is 0 Å². The average molecular weight is 351 g/mol. The molecule has 2 aromatic rings. The van der Waals surface area contributed by atoms with E-state index in [1.54, 1.807) is 6.92 Å². The molecule has 0 aliphatic carbocycles. The largest absolute Gasteiger partial charge is 0.465 e. The molecule has 0 atom stereocenters. The van der Waals surface area contributed by atoms with Crippen LogP contribution in [-0.4, -0.2) is 31.5 Å². The van der Waals surface area contributed by atoms with Crippen molar-refractivity contribution in [2.75, 3.05) is 12.3 Å². The molecule has 0 fully saturated rings. The maximum atomic E-state index is 12.7. The highest BCUT2D eigenvalue weighted by atomic mass is 16.5. The Bertz CT molecular complexity index is 877. The monoisotopic (exact) mass is 351 g/mol. The topological polar surface area (TPSA) is 114 Å². The Balaban J connectivity index is 2.69. The van der Waals surface area contributed by atoms with E-state index in [2.05, 4.69) is 5.10 Å². The minimum Gasteiger partial charge on any atom is -0.465 e. The van der Waals surface area contributed by atoms with E-state index in [-0.39, 0.29) is 30.0 Å². The zero-order valence-electron chi connectivity index (χ0n) is 14.9. The van der Waals surface area contributed by atoms with Crippen molar-refractivity contribution in [3.8, 4) is 0 Å². The van der Waals surface area contributed by atoms with E-state index >= 15 is 0 Å². The van der Waals surface area contributed by atoms with Gasteiger partial charge in [0.1, 0.15) is 17.7 Å². The molecule has 9 heteroatoms. The predicted octanol–water partition coefficient (Wildman–Crippen LogP) is 0.715. The lowest BCUT2D eigenvalue weighted by Crippen LogP contribution is -2.40. The highest BCUT2D eigenvalue weighted by Crippen LogP contribution is 2.16. The molecule has 0 aliphatic rings. The third kappa shape index (κ3) is 3.59. The van der Waals surface area contributed by atoms with Crippen LogP contribution in [0.1, 0.15) is 40.0 Å². The Morgan fingerprint density at radius 2 is 1.84 bits per heavy atom. The molecule has 0 aliphatic heterocycles. The van der Waals surface area contributed by atoms with Gasteiger partial charge in [-0.25, -0.2) is 9.48 Å². The van der Waals surface area contributed by atoms with E-state index in [1.807, 2.05) is 13.8 Å². The Morgan fingerprint density at radius 3 is 2.44 bits per heavy atom. The zero-order chi connectivity index (χ0) is 18.6. The highest BCUT2D eigenvalue weighted by Gasteiger charge is 2.21. The Kier molecular flexibility index (Phi) is 6.00. The first kappa shape index (κ1) is 18.8. The van der Waals surface area contributed by atoms with Gasteiger partial charge in [-0.3, -0.25) is 18.7 Å². The van der Waals surface area contributed by atoms with Crippen LogP contribution >= 0.6 is 0 Å². The summed E-state index contributed by atoms with van der Waals surface area (Å²) in [5.41, 5.74) is 5.42. The van der Waals surface area contributed by atoms with Gasteiger partial charge in [0.2, 0.25) is 0 Å². The van der Waals surface area contributed by atoms with Crippen molar-refractivity contribution in [1.29, 1.82) is 0 Å². The first-order valence-corrected chi connectivity index (χ1v) is 8.61. The van der Waals surface area contributed by atoms with Gasteiger partial charge in [-0.15, -0.1) is 0 Å². The SMILES string of the molecule is CCCCn1c(=O)n(CCC)c(=O)c2c(N)n(CC(=O)OCC)nc21. The molecule has 25 heavy (non-hydrogen) atoms. The molecule has 0 aromatic carbocycles. The van der Waals surface area contributed by atoms with E-state index in [0.29, 0.717) is 19.5 Å². The summed E-state index contributed by atoms with van der Waals surface area (Å²) in [6.45, 7) is 6.38. The molecule has 138 valence electrons. The van der Waals surface area contributed by atoms with Gasteiger partial charge in [0.15, 0.2) is 5.65 Å². The number of ether oxygens (including phenoxy) is 1. The number of nitrogens with zero attached hydrogens (tertiary/aromatic N) is 4. The standard InChI is InChI=1S/C16H25N5O4/c1-4-7-9-19-14-12(15(23)20(8-5-2)16(19)24)13(17)21(18-14)10-11(22)25-6-3/h4-10,17H2,1-3H3. The number of rotatable bonds is 8. The maximum absolute atomic E-state index is 12.7. The molecule has 0 unspecified atom stereocenters. The molecular weight excluding hydrogens is 326 g/mol. The number of nitrogen functional groups attached to an aromatic ring is 1. The van der Waals surface area contributed by atoms with Gasteiger partial charge in [-0.2, -0.15) is 5.10 Å². The van der Waals surface area contributed by atoms with Crippen LogP contribution in [0.2, 0.25) is 0 Å². The minimum atomic E-state index is -0.502. The van der Waals surface area contributed by atoms with Gasteiger partial charge in [-0.1, -0.05) is 20.3 Å². The van der Waals surface area contributed by atoms with E-state index in [0.717, 1.165) is 12.8 Å². The second kappa shape index (κ2) is 8.00. The summed E-state index contributed by atoms with van der Waals surface area (Å²) in [5, 5.41) is 4.43. The van der Waals surface area contributed by atoms with Crippen molar-refractivity contribution in [1.82, 2.24) is 18.9 Å². The van der Waals surface area contributed by atoms with E-state index in [9.17, 15) is 14.4 Å². The van der Waals surface area contributed by atoms with Crippen molar-refractivity contribution < 1.29 is 9.53 Å². The highest BCUT2D eigenvalue weighted by molar-refractivity contribution is 5.86. The maximum Gasteiger partial charge on any atom is 0.332 e. The van der Waals surface area contributed by atoms with Gasteiger partial charge < -0.3 is 10.5 Å². The molecule has 0 saturated carbocycles. The molecule has 0 spiro atoms. The number of hydrogen-bond donors (Lipinski definition) is 1. The Hall–Kier alpha value is -2.58. The van der Waals surface area contributed by atoms with Gasteiger partial charge in [0.05, 0.1) is 6.61 Å². The van der Waals surface area contributed by atoms with E-state index in [4.69, 9.17) is 10.5 Å². The van der Waals surface area contributed by atoms with E-state index < -0.39 is 17.2 Å². The summed E-state index contributed by atoms with van der Waals surface area (Å²) < 4.78 is 8.78. The summed E-state index contributed by atoms with van der Waals surface area (Å²) in [7, 11) is 0. The first-order valence-electron chi connectivity index (χ1n) is 8.61. The van der Waals surface area contributed by atoms with Crippen LogP contribution in [-0.2, 0) is 29.2 Å². The van der Waals surface area contributed by atoms with Gasteiger partial charge in [-0.05, 0) is 19.8 Å². The summed E-state index contributed by atoms with van der Waals surface area (Å²) in [6.07, 6.45) is 2.30. The Morgan fingerprint density at radius 1 is 1.12 bits per heavy atom. The number of carbonyl (C=O) groups is 1. The molecule has 0 saturated heterocycles. The van der Waals surface area contributed by atoms with Gasteiger partial charge in [0.25, 0.3) is 5.56 Å². The van der Waals surface area contributed by atoms with Crippen LogP contribution in [0.15, 0.2) is 9.59 Å². The lowest BCUT2D eigenvalue weighted by molar-refractivity contribution is -0.143. The summed E-state index contributed by atoms with van der Waals surface area (Å²) >= 11 is 0. The normalized spacial score (nSPS) is 11.2. The molecular formula is C16H25N5O4. The fourth-order valence-corrected chi connectivity index (χ4v) is 2.70. The van der Waals surface area contributed by atoms with E-state index in [1.165, 1.54) is 13.8 Å². The first-order chi connectivity index (χ1) is 12.0. The molecule has 2 aromatic heterocycles. The smallest absolute Gasteiger partial charge is 0.332 e. The number of esters is 1. The molecule has 2 heterocycles. The molecule has 0 radical (unpaired) electrons. The fourth-order valence-electron chi connectivity index (χ4n) is 2.70. The molecule has 2 N–H and O–H groups in total. The van der Waals surface area contributed by atoms with Crippen molar-refractivity contribution in [3.63, 3.8) is 0 Å². The van der Waals surface area contributed by atoms with Crippen molar-refractivity contribution in [3.05, 3.63) is 20.8 Å². The van der Waals surface area contributed by atoms with Crippen LogP contribution in [0.4, 0.5) is 5.82 Å². The predicted molar refractivity (Wildman–Crippen MR) is 94.5 cm³/mol. The van der Waals surface area contributed by atoms with Crippen LogP contribution in [0, 0.1) is 0 Å². The molecule has 2 rings (SSSR count). The van der Waals surface area contributed by atoms with Crippen molar-refractivity contribution in [2.45, 2.75) is 59.7 Å². The quantitative estimate of drug-likeness (QED) is 0.701. The summed E-state index contributed by atoms with van der Waals surface area (Å²) in [5.74, 6) is -0.429. The third-order valence-electron chi connectivity index (χ3n) is 3.92. The number of unbranched alkanes of at least 4 members (excludes halogenated alkanes) is 1. The van der Waals surface area contributed by atoms with Crippen LogP contribution in [0.3, 0.4) is 0 Å². The van der Waals surface area contributed by atoms with Crippen LogP contribution in [0.25, 0.3) is 11.0 Å². The number of anilines is 1. The number of nitrogens with two attached hydrogens (primary N) is 1. The van der Waals surface area contributed by atoms with Crippen LogP contribution < -0.4 is 17.0 Å². The summed E-state index contributed by atoms with van der Waals surface area (Å²) in [4.78, 5) is 37.1. The summed E-state index contributed by atoms with van der Waals surface area (Å²) in [6, 6.07) is 0. The van der Waals surface area contributed by atoms with Gasteiger partial charge >= 0.3 is 11.7 Å². The second-order valence-electron chi connectivity index (χ2n) is 5.79. The lowest BCUT2D eigenvalue weighted by atomic mass is 10.3. The third-order valence-corrected chi connectivity index (χ3v) is 3.92. The second-order valence-corrected chi connectivity index (χ2v) is 5.79. The van der Waals surface area contributed by atoms with Crippen LogP contribution in [0.5, 0.6) is 0 Å². The number of aromatic nitrogens is 4. The van der Waals surface area contributed by atoms with Gasteiger partial charge in [0, 0.05) is 13.1 Å². The number of aryl methyl sites for hydroxylation is 1. The zero-order valence-corrected chi connectivity index (χ0v) is 14.9. The number of fused-ring (bicyclic) bond motifs is 1. The molecule has 9 nitrogen and oxygen atoms in total.